The van der Waals surface area contributed by atoms with E-state index in [1.807, 2.05) is 54.6 Å². The Hall–Kier alpha value is -3.63. The van der Waals surface area contributed by atoms with Crippen molar-refractivity contribution in [3.8, 4) is 34.6 Å². The van der Waals surface area contributed by atoms with Gasteiger partial charge >= 0.3 is 0 Å². The highest BCUT2D eigenvalue weighted by molar-refractivity contribution is 7.14. The number of aromatic nitrogens is 1. The molecular formula is C26H23N3O3S. The van der Waals surface area contributed by atoms with Gasteiger partial charge in [0, 0.05) is 30.0 Å². The molecule has 1 aliphatic carbocycles. The number of carbonyl (C=O) groups is 2. The molecule has 2 N–H and O–H groups in total. The van der Waals surface area contributed by atoms with Crippen molar-refractivity contribution < 1.29 is 14.3 Å². The minimum absolute atomic E-state index is 0.0983. The molecule has 0 atom stereocenters. The quantitative estimate of drug-likeness (QED) is 0.575. The SMILES string of the molecule is CC#CC(=O)N1CC2(CC(c3nc(-c4ccc(Oc5ccccc5)cc4)c(C(N)=O)s3)C2)C1. The van der Waals surface area contributed by atoms with Crippen molar-refractivity contribution in [3.05, 3.63) is 64.5 Å². The molecule has 1 saturated heterocycles. The molecule has 1 spiro atoms. The second-order valence-electron chi connectivity index (χ2n) is 8.67. The minimum atomic E-state index is -0.467. The van der Waals surface area contributed by atoms with Gasteiger partial charge < -0.3 is 15.4 Å². The number of nitrogens with two attached hydrogens (primary N) is 1. The van der Waals surface area contributed by atoms with Gasteiger partial charge in [0.15, 0.2) is 0 Å². The Morgan fingerprint density at radius 3 is 2.39 bits per heavy atom. The first-order valence-corrected chi connectivity index (χ1v) is 11.6. The van der Waals surface area contributed by atoms with Gasteiger partial charge in [0.2, 0.25) is 0 Å². The molecule has 2 aliphatic rings. The van der Waals surface area contributed by atoms with Crippen LogP contribution in [0.2, 0.25) is 0 Å². The highest BCUT2D eigenvalue weighted by atomic mass is 32.1. The Morgan fingerprint density at radius 2 is 1.76 bits per heavy atom. The molecule has 2 aromatic carbocycles. The van der Waals surface area contributed by atoms with Gasteiger partial charge in [0.1, 0.15) is 16.4 Å². The predicted molar refractivity (Wildman–Crippen MR) is 127 cm³/mol. The fourth-order valence-electron chi connectivity index (χ4n) is 4.69. The van der Waals surface area contributed by atoms with Gasteiger partial charge in [0.25, 0.3) is 11.8 Å². The molecule has 1 aromatic heterocycles. The third-order valence-corrected chi connectivity index (χ3v) is 7.49. The van der Waals surface area contributed by atoms with E-state index in [0.29, 0.717) is 16.3 Å². The van der Waals surface area contributed by atoms with Crippen LogP contribution in [0, 0.1) is 17.3 Å². The number of thiazole rings is 1. The minimum Gasteiger partial charge on any atom is -0.457 e. The smallest absolute Gasteiger partial charge is 0.298 e. The van der Waals surface area contributed by atoms with Crippen LogP contribution in [0.5, 0.6) is 11.5 Å². The van der Waals surface area contributed by atoms with Gasteiger partial charge in [-0.1, -0.05) is 24.1 Å². The van der Waals surface area contributed by atoms with Crippen LogP contribution in [0.3, 0.4) is 0 Å². The van der Waals surface area contributed by atoms with Crippen LogP contribution in [0.1, 0.15) is 40.4 Å². The lowest BCUT2D eigenvalue weighted by atomic mass is 9.58. The van der Waals surface area contributed by atoms with E-state index < -0.39 is 5.91 Å². The van der Waals surface area contributed by atoms with Gasteiger partial charge in [-0.25, -0.2) is 4.98 Å². The molecule has 1 saturated carbocycles. The van der Waals surface area contributed by atoms with Gasteiger partial charge in [-0.2, -0.15) is 0 Å². The van der Waals surface area contributed by atoms with E-state index in [1.165, 1.54) is 11.3 Å². The van der Waals surface area contributed by atoms with Crippen molar-refractivity contribution in [2.45, 2.75) is 25.7 Å². The number of ether oxygens (including phenoxy) is 1. The van der Waals surface area contributed by atoms with Crippen LogP contribution in [0.4, 0.5) is 0 Å². The molecule has 3 aromatic rings. The van der Waals surface area contributed by atoms with E-state index >= 15 is 0 Å². The number of hydrogen-bond donors (Lipinski definition) is 1. The maximum atomic E-state index is 12.1. The van der Waals surface area contributed by atoms with E-state index in [9.17, 15) is 9.59 Å². The summed E-state index contributed by atoms with van der Waals surface area (Å²) < 4.78 is 5.85. The highest BCUT2D eigenvalue weighted by Crippen LogP contribution is 2.57. The largest absolute Gasteiger partial charge is 0.457 e. The monoisotopic (exact) mass is 457 g/mol. The van der Waals surface area contributed by atoms with Gasteiger partial charge in [-0.3, -0.25) is 9.59 Å². The van der Waals surface area contributed by atoms with Crippen molar-refractivity contribution in [2.75, 3.05) is 13.1 Å². The molecule has 0 bridgehead atoms. The molecule has 2 heterocycles. The van der Waals surface area contributed by atoms with Crippen molar-refractivity contribution in [1.29, 1.82) is 0 Å². The molecule has 166 valence electrons. The standard InChI is InChI=1S/C26H23N3O3S/c1-2-6-21(30)29-15-26(16-29)13-18(14-26)25-28-22(23(33-25)24(27)31)17-9-11-20(12-10-17)32-19-7-4-3-5-8-19/h3-5,7-12,18H,13-16H2,1H3,(H2,27,31). The number of carbonyl (C=O) groups excluding carboxylic acids is 2. The number of rotatable bonds is 5. The average molecular weight is 458 g/mol. The third-order valence-electron chi connectivity index (χ3n) is 6.25. The van der Waals surface area contributed by atoms with Crippen LogP contribution in [-0.2, 0) is 4.79 Å². The summed E-state index contributed by atoms with van der Waals surface area (Å²) in [6, 6.07) is 17.1. The number of para-hydroxylation sites is 1. The van der Waals surface area contributed by atoms with Crippen LogP contribution in [0.15, 0.2) is 54.6 Å². The highest BCUT2D eigenvalue weighted by Gasteiger charge is 2.54. The summed E-state index contributed by atoms with van der Waals surface area (Å²) in [6.07, 6.45) is 1.93. The Kier molecular flexibility index (Phi) is 5.39. The average Bonchev–Trinajstić information content (AvgIpc) is 3.19. The molecule has 0 unspecified atom stereocenters. The maximum absolute atomic E-state index is 12.1. The fraction of sp³-hybridized carbons (Fsp3) is 0.269. The molecule has 2 amide bonds. The number of primary amides is 1. The van der Waals surface area contributed by atoms with Crippen LogP contribution >= 0.6 is 11.3 Å². The summed E-state index contributed by atoms with van der Waals surface area (Å²) in [7, 11) is 0. The van der Waals surface area contributed by atoms with E-state index in [4.69, 9.17) is 15.5 Å². The van der Waals surface area contributed by atoms with Crippen molar-refractivity contribution in [2.24, 2.45) is 11.1 Å². The summed E-state index contributed by atoms with van der Waals surface area (Å²) in [4.78, 5) is 31.1. The van der Waals surface area contributed by atoms with Crippen molar-refractivity contribution in [3.63, 3.8) is 0 Å². The zero-order valence-corrected chi connectivity index (χ0v) is 19.0. The van der Waals surface area contributed by atoms with E-state index in [1.54, 1.807) is 11.8 Å². The molecule has 0 radical (unpaired) electrons. The van der Waals surface area contributed by atoms with E-state index in [2.05, 4.69) is 11.8 Å². The number of amides is 2. The Labute approximate surface area is 196 Å². The predicted octanol–water partition coefficient (Wildman–Crippen LogP) is 4.43. The van der Waals surface area contributed by atoms with Crippen LogP contribution in [-0.4, -0.2) is 34.8 Å². The van der Waals surface area contributed by atoms with Crippen LogP contribution < -0.4 is 10.5 Å². The van der Waals surface area contributed by atoms with E-state index in [-0.39, 0.29) is 17.2 Å². The number of benzene rings is 2. The number of likely N-dealkylation sites (tertiary alicyclic amines) is 1. The zero-order valence-electron chi connectivity index (χ0n) is 18.2. The number of nitrogens with zero attached hydrogens (tertiary/aromatic N) is 2. The van der Waals surface area contributed by atoms with Crippen LogP contribution in [0.25, 0.3) is 11.3 Å². The lowest BCUT2D eigenvalue weighted by Gasteiger charge is -2.58. The molecule has 1 aliphatic heterocycles. The summed E-state index contributed by atoms with van der Waals surface area (Å²) in [5, 5.41) is 0.937. The molecule has 33 heavy (non-hydrogen) atoms. The Bertz CT molecular complexity index is 1260. The molecule has 6 nitrogen and oxygen atoms in total. The van der Waals surface area contributed by atoms with Gasteiger partial charge in [-0.05, 0) is 62.1 Å². The first-order chi connectivity index (χ1) is 16.0. The molecular weight excluding hydrogens is 434 g/mol. The first kappa shape index (κ1) is 21.2. The third kappa shape index (κ3) is 4.10. The second-order valence-corrected chi connectivity index (χ2v) is 9.71. The second kappa shape index (κ2) is 8.38. The molecule has 7 heteroatoms. The summed E-state index contributed by atoms with van der Waals surface area (Å²) >= 11 is 1.38. The molecule has 2 fully saturated rings. The normalized spacial score (nSPS) is 16.3. The Morgan fingerprint density at radius 1 is 1.09 bits per heavy atom. The zero-order chi connectivity index (χ0) is 23.0. The molecule has 5 rings (SSSR count). The Balaban J connectivity index is 1.29. The fourth-order valence-corrected chi connectivity index (χ4v) is 5.73. The maximum Gasteiger partial charge on any atom is 0.298 e. The topological polar surface area (TPSA) is 85.5 Å². The van der Waals surface area contributed by atoms with E-state index in [0.717, 1.165) is 42.3 Å². The van der Waals surface area contributed by atoms with Gasteiger partial charge in [0.05, 0.1) is 10.7 Å². The first-order valence-electron chi connectivity index (χ1n) is 10.8. The van der Waals surface area contributed by atoms with Crippen molar-refractivity contribution >= 4 is 23.2 Å². The lowest BCUT2D eigenvalue weighted by molar-refractivity contribution is -0.145. The van der Waals surface area contributed by atoms with Gasteiger partial charge in [-0.15, -0.1) is 11.3 Å². The lowest BCUT2D eigenvalue weighted by Crippen LogP contribution is -2.63. The summed E-state index contributed by atoms with van der Waals surface area (Å²) in [5.74, 6) is 6.46. The van der Waals surface area contributed by atoms with Crippen molar-refractivity contribution in [1.82, 2.24) is 9.88 Å². The summed E-state index contributed by atoms with van der Waals surface area (Å²) in [6.45, 7) is 3.18. The summed E-state index contributed by atoms with van der Waals surface area (Å²) in [5.41, 5.74) is 7.30. The number of hydrogen-bond acceptors (Lipinski definition) is 5.